The largest absolute Gasteiger partial charge is 0.357 e. The van der Waals surface area contributed by atoms with Crippen molar-refractivity contribution < 1.29 is 9.59 Å². The number of carbonyl (C=O) groups is 2. The van der Waals surface area contributed by atoms with Gasteiger partial charge in [-0.25, -0.2) is 0 Å². The van der Waals surface area contributed by atoms with Crippen molar-refractivity contribution in [2.45, 2.75) is 19.4 Å². The summed E-state index contributed by atoms with van der Waals surface area (Å²) >= 11 is 0. The van der Waals surface area contributed by atoms with Crippen LogP contribution in [0.25, 0.3) is 0 Å². The molecule has 1 atom stereocenters. The molecule has 1 aromatic carbocycles. The molecule has 0 heterocycles. The molecule has 4 heteroatoms. The van der Waals surface area contributed by atoms with Crippen molar-refractivity contribution in [3.05, 3.63) is 35.9 Å². The minimum absolute atomic E-state index is 0.181. The van der Waals surface area contributed by atoms with Gasteiger partial charge in [0.25, 0.3) is 0 Å². The van der Waals surface area contributed by atoms with Crippen LogP contribution >= 0.6 is 0 Å². The van der Waals surface area contributed by atoms with E-state index in [9.17, 15) is 9.59 Å². The van der Waals surface area contributed by atoms with Crippen molar-refractivity contribution in [3.63, 3.8) is 0 Å². The number of benzene rings is 1. The van der Waals surface area contributed by atoms with E-state index in [1.54, 1.807) is 7.05 Å². The summed E-state index contributed by atoms with van der Waals surface area (Å²) in [4.78, 5) is 22.5. The average molecular weight is 220 g/mol. The van der Waals surface area contributed by atoms with E-state index in [1.807, 2.05) is 30.3 Å². The number of hydrogen-bond acceptors (Lipinski definition) is 2. The summed E-state index contributed by atoms with van der Waals surface area (Å²) in [6.07, 6.45) is 0.500. The molecule has 0 saturated heterocycles. The molecule has 4 nitrogen and oxygen atoms in total. The maximum atomic E-state index is 11.5. The van der Waals surface area contributed by atoms with Gasteiger partial charge in [0, 0.05) is 20.4 Å². The second-order valence-corrected chi connectivity index (χ2v) is 3.56. The van der Waals surface area contributed by atoms with Crippen molar-refractivity contribution in [2.75, 3.05) is 7.05 Å². The van der Waals surface area contributed by atoms with Gasteiger partial charge in [-0.15, -0.1) is 0 Å². The third kappa shape index (κ3) is 3.73. The third-order valence-electron chi connectivity index (χ3n) is 2.22. The van der Waals surface area contributed by atoms with Crippen molar-refractivity contribution in [3.8, 4) is 0 Å². The quantitative estimate of drug-likeness (QED) is 0.775. The van der Waals surface area contributed by atoms with E-state index in [0.717, 1.165) is 5.56 Å². The smallest absolute Gasteiger partial charge is 0.242 e. The highest BCUT2D eigenvalue weighted by atomic mass is 16.2. The highest BCUT2D eigenvalue weighted by molar-refractivity contribution is 5.86. The lowest BCUT2D eigenvalue weighted by Crippen LogP contribution is -2.46. The second-order valence-electron chi connectivity index (χ2n) is 3.56. The topological polar surface area (TPSA) is 58.2 Å². The maximum Gasteiger partial charge on any atom is 0.242 e. The number of rotatable bonds is 4. The molecule has 0 aliphatic rings. The minimum Gasteiger partial charge on any atom is -0.357 e. The van der Waals surface area contributed by atoms with Crippen LogP contribution in [0, 0.1) is 0 Å². The zero-order chi connectivity index (χ0) is 12.0. The van der Waals surface area contributed by atoms with E-state index in [4.69, 9.17) is 0 Å². The fourth-order valence-corrected chi connectivity index (χ4v) is 1.48. The lowest BCUT2D eigenvalue weighted by Gasteiger charge is -2.16. The van der Waals surface area contributed by atoms with E-state index >= 15 is 0 Å². The number of hydrogen-bond donors (Lipinski definition) is 2. The van der Waals surface area contributed by atoms with Crippen LogP contribution in [-0.4, -0.2) is 24.9 Å². The predicted molar refractivity (Wildman–Crippen MR) is 61.8 cm³/mol. The van der Waals surface area contributed by atoms with Crippen LogP contribution in [0.3, 0.4) is 0 Å². The lowest BCUT2D eigenvalue weighted by molar-refractivity contribution is -0.127. The van der Waals surface area contributed by atoms with Crippen LogP contribution in [0.4, 0.5) is 0 Å². The van der Waals surface area contributed by atoms with E-state index in [-0.39, 0.29) is 11.8 Å². The first-order valence-electron chi connectivity index (χ1n) is 5.16. The molecule has 86 valence electrons. The third-order valence-corrected chi connectivity index (χ3v) is 2.22. The molecule has 16 heavy (non-hydrogen) atoms. The van der Waals surface area contributed by atoms with Crippen LogP contribution < -0.4 is 10.6 Å². The lowest BCUT2D eigenvalue weighted by atomic mass is 10.1. The summed E-state index contributed by atoms with van der Waals surface area (Å²) in [7, 11) is 1.56. The Balaban J connectivity index is 2.70. The molecule has 0 aliphatic carbocycles. The molecular weight excluding hydrogens is 204 g/mol. The fourth-order valence-electron chi connectivity index (χ4n) is 1.48. The first-order valence-corrected chi connectivity index (χ1v) is 5.16. The molecule has 0 saturated carbocycles. The standard InChI is InChI=1S/C12H16N2O2/c1-9(15)14-11(12(16)13-2)8-10-6-4-3-5-7-10/h3-7,11H,8H2,1-2H3,(H,13,16)(H,14,15). The summed E-state index contributed by atoms with van der Waals surface area (Å²) in [5, 5.41) is 5.17. The zero-order valence-electron chi connectivity index (χ0n) is 9.49. The molecule has 1 aromatic rings. The Kier molecular flexibility index (Phi) is 4.51. The molecule has 0 aliphatic heterocycles. The molecule has 0 aromatic heterocycles. The number of nitrogens with one attached hydrogen (secondary N) is 2. The van der Waals surface area contributed by atoms with E-state index in [1.165, 1.54) is 6.92 Å². The van der Waals surface area contributed by atoms with E-state index in [2.05, 4.69) is 10.6 Å². The summed E-state index contributed by atoms with van der Waals surface area (Å²) in [6, 6.07) is 9.07. The average Bonchev–Trinajstić information content (AvgIpc) is 2.28. The second kappa shape index (κ2) is 5.90. The summed E-state index contributed by atoms with van der Waals surface area (Å²) in [5.74, 6) is -0.386. The summed E-state index contributed by atoms with van der Waals surface area (Å²) < 4.78 is 0. The Hall–Kier alpha value is -1.84. The van der Waals surface area contributed by atoms with Crippen molar-refractivity contribution in [1.29, 1.82) is 0 Å². The number of likely N-dealkylation sites (N-methyl/N-ethyl adjacent to an activating group) is 1. The van der Waals surface area contributed by atoms with Gasteiger partial charge in [-0.1, -0.05) is 30.3 Å². The molecule has 1 unspecified atom stereocenters. The summed E-state index contributed by atoms with van der Waals surface area (Å²) in [6.45, 7) is 1.40. The van der Waals surface area contributed by atoms with Crippen LogP contribution in [0.15, 0.2) is 30.3 Å². The SMILES string of the molecule is CNC(=O)C(Cc1ccccc1)NC(C)=O. The first kappa shape index (κ1) is 12.2. The molecule has 1 rings (SSSR count). The van der Waals surface area contributed by atoms with E-state index in [0.29, 0.717) is 6.42 Å². The monoisotopic (exact) mass is 220 g/mol. The Labute approximate surface area is 95.0 Å². The van der Waals surface area contributed by atoms with Crippen molar-refractivity contribution in [1.82, 2.24) is 10.6 Å². The number of amides is 2. The Bertz CT molecular complexity index is 363. The Morgan fingerprint density at radius 3 is 2.38 bits per heavy atom. The number of carbonyl (C=O) groups excluding carboxylic acids is 2. The van der Waals surface area contributed by atoms with Gasteiger partial charge in [0.1, 0.15) is 6.04 Å². The Morgan fingerprint density at radius 1 is 1.25 bits per heavy atom. The van der Waals surface area contributed by atoms with Crippen LogP contribution in [-0.2, 0) is 16.0 Å². The highest BCUT2D eigenvalue weighted by Gasteiger charge is 2.18. The normalized spacial score (nSPS) is 11.6. The highest BCUT2D eigenvalue weighted by Crippen LogP contribution is 2.03. The minimum atomic E-state index is -0.509. The maximum absolute atomic E-state index is 11.5. The zero-order valence-corrected chi connectivity index (χ0v) is 9.49. The van der Waals surface area contributed by atoms with Gasteiger partial charge >= 0.3 is 0 Å². The van der Waals surface area contributed by atoms with Crippen LogP contribution in [0.5, 0.6) is 0 Å². The van der Waals surface area contributed by atoms with Gasteiger partial charge in [-0.05, 0) is 5.56 Å². The first-order chi connectivity index (χ1) is 7.63. The predicted octanol–water partition coefficient (Wildman–Crippen LogP) is 0.480. The Morgan fingerprint density at radius 2 is 1.88 bits per heavy atom. The van der Waals surface area contributed by atoms with Gasteiger partial charge in [0.2, 0.25) is 11.8 Å². The molecule has 2 amide bonds. The molecule has 2 N–H and O–H groups in total. The van der Waals surface area contributed by atoms with Gasteiger partial charge < -0.3 is 10.6 Å². The molecule has 0 fully saturated rings. The van der Waals surface area contributed by atoms with Gasteiger partial charge in [-0.2, -0.15) is 0 Å². The summed E-state index contributed by atoms with van der Waals surface area (Å²) in [5.41, 5.74) is 1.02. The van der Waals surface area contributed by atoms with Crippen LogP contribution in [0.1, 0.15) is 12.5 Å². The van der Waals surface area contributed by atoms with Gasteiger partial charge in [0.05, 0.1) is 0 Å². The molecule has 0 radical (unpaired) electrons. The molecule has 0 bridgehead atoms. The van der Waals surface area contributed by atoms with Crippen molar-refractivity contribution >= 4 is 11.8 Å². The van der Waals surface area contributed by atoms with Crippen LogP contribution in [0.2, 0.25) is 0 Å². The van der Waals surface area contributed by atoms with E-state index < -0.39 is 6.04 Å². The fraction of sp³-hybridized carbons (Fsp3) is 0.333. The van der Waals surface area contributed by atoms with Crippen molar-refractivity contribution in [2.24, 2.45) is 0 Å². The molecule has 0 spiro atoms. The van der Waals surface area contributed by atoms with Gasteiger partial charge in [-0.3, -0.25) is 9.59 Å². The van der Waals surface area contributed by atoms with Gasteiger partial charge in [0.15, 0.2) is 0 Å². The molecular formula is C12H16N2O2.